The van der Waals surface area contributed by atoms with Crippen LogP contribution in [0.25, 0.3) is 0 Å². The van der Waals surface area contributed by atoms with Crippen LogP contribution in [-0.2, 0) is 18.4 Å². The number of amides is 1. The lowest BCUT2D eigenvalue weighted by Crippen LogP contribution is -2.49. The molecule has 2 saturated carbocycles. The van der Waals surface area contributed by atoms with Crippen molar-refractivity contribution in [3.8, 4) is 0 Å². The molecule has 0 radical (unpaired) electrons. The Kier molecular flexibility index (Phi) is 12.2. The third-order valence-electron chi connectivity index (χ3n) is 12.4. The van der Waals surface area contributed by atoms with Crippen molar-refractivity contribution in [2.24, 2.45) is 11.3 Å². The maximum Gasteiger partial charge on any atom is 0.248 e. The van der Waals surface area contributed by atoms with Gasteiger partial charge in [0.2, 0.25) is 5.91 Å². The van der Waals surface area contributed by atoms with Gasteiger partial charge >= 0.3 is 0 Å². The fraction of sp³-hybridized carbons (Fsp3) is 0.769. The second kappa shape index (κ2) is 14.3. The Morgan fingerprint density at radius 1 is 1.04 bits per heavy atom. The number of rotatable bonds is 10. The van der Waals surface area contributed by atoms with Crippen molar-refractivity contribution in [3.63, 3.8) is 0 Å². The predicted molar refractivity (Wildman–Crippen MR) is 200 cm³/mol. The van der Waals surface area contributed by atoms with Crippen LogP contribution in [0, 0.1) is 11.3 Å². The molecule has 5 nitrogen and oxygen atoms in total. The Balaban J connectivity index is 1.86. The molecule has 3 aliphatic rings. The third kappa shape index (κ3) is 8.66. The number of hydrogen-bond acceptors (Lipinski definition) is 4. The molecule has 7 heteroatoms. The van der Waals surface area contributed by atoms with Gasteiger partial charge in [-0.2, -0.15) is 0 Å². The third-order valence-corrected chi connectivity index (χ3v) is 21.4. The molecular formula is C39H69NO4Si2. The summed E-state index contributed by atoms with van der Waals surface area (Å²) in [6.45, 7) is 36.7. The van der Waals surface area contributed by atoms with Gasteiger partial charge in [-0.1, -0.05) is 78.8 Å². The number of hydrogen-bond donors (Lipinski definition) is 0. The summed E-state index contributed by atoms with van der Waals surface area (Å²) in [4.78, 5) is 14.4. The summed E-state index contributed by atoms with van der Waals surface area (Å²) in [5, 5.41) is 0.284. The lowest BCUT2D eigenvalue weighted by Gasteiger charge is -2.45. The highest BCUT2D eigenvalue weighted by molar-refractivity contribution is 6.74. The number of allylic oxidation sites excluding steroid dienone is 4. The molecule has 0 aromatic heterocycles. The van der Waals surface area contributed by atoms with Crippen LogP contribution in [0.3, 0.4) is 0 Å². The average molecular weight is 672 g/mol. The van der Waals surface area contributed by atoms with Crippen molar-refractivity contribution >= 4 is 22.5 Å². The quantitative estimate of drug-likeness (QED) is 0.171. The van der Waals surface area contributed by atoms with E-state index in [4.69, 9.17) is 13.6 Å². The predicted octanol–water partition coefficient (Wildman–Crippen LogP) is 10.4. The highest BCUT2D eigenvalue weighted by Crippen LogP contribution is 2.56. The molecule has 5 atom stereocenters. The van der Waals surface area contributed by atoms with Gasteiger partial charge in [-0.15, -0.1) is 0 Å². The van der Waals surface area contributed by atoms with Crippen LogP contribution in [0.5, 0.6) is 0 Å². The van der Waals surface area contributed by atoms with E-state index in [1.165, 1.54) is 16.7 Å². The van der Waals surface area contributed by atoms with E-state index in [1.54, 1.807) is 4.90 Å². The molecule has 0 spiro atoms. The zero-order valence-electron chi connectivity index (χ0n) is 32.4. The first-order valence-corrected chi connectivity index (χ1v) is 23.7. The number of ether oxygens (including phenoxy) is 1. The molecule has 0 saturated heterocycles. The van der Waals surface area contributed by atoms with E-state index >= 15 is 0 Å². The molecule has 1 unspecified atom stereocenters. The minimum Gasteiger partial charge on any atom is -0.413 e. The second-order valence-electron chi connectivity index (χ2n) is 18.0. The molecule has 262 valence electrons. The number of nitrogens with zero attached hydrogens (tertiary/aromatic N) is 1. The molecule has 0 aromatic rings. The van der Waals surface area contributed by atoms with Gasteiger partial charge in [-0.25, -0.2) is 0 Å². The zero-order valence-corrected chi connectivity index (χ0v) is 34.4. The summed E-state index contributed by atoms with van der Waals surface area (Å²) in [6.07, 6.45) is 13.5. The first-order valence-electron chi connectivity index (χ1n) is 17.9. The van der Waals surface area contributed by atoms with Crippen molar-refractivity contribution in [1.29, 1.82) is 0 Å². The van der Waals surface area contributed by atoms with Gasteiger partial charge in [0.05, 0.1) is 18.3 Å². The van der Waals surface area contributed by atoms with Gasteiger partial charge in [0.1, 0.15) is 6.61 Å². The average Bonchev–Trinajstić information content (AvgIpc) is 3.27. The summed E-state index contributed by atoms with van der Waals surface area (Å²) < 4.78 is 20.3. The monoisotopic (exact) mass is 671 g/mol. The molecule has 0 aromatic carbocycles. The van der Waals surface area contributed by atoms with Gasteiger partial charge in [-0.3, -0.25) is 4.79 Å². The van der Waals surface area contributed by atoms with Crippen LogP contribution in [0.15, 0.2) is 47.1 Å². The number of carbonyl (C=O) groups excluding carboxylic acids is 1. The highest BCUT2D eigenvalue weighted by Gasteiger charge is 2.47. The van der Waals surface area contributed by atoms with Crippen molar-refractivity contribution in [3.05, 3.63) is 47.1 Å². The summed E-state index contributed by atoms with van der Waals surface area (Å²) in [5.74, 6) is 0.501. The van der Waals surface area contributed by atoms with E-state index in [0.29, 0.717) is 5.92 Å². The minimum absolute atomic E-state index is 0.0131. The lowest BCUT2D eigenvalue weighted by atomic mass is 9.63. The van der Waals surface area contributed by atoms with E-state index in [2.05, 4.69) is 106 Å². The van der Waals surface area contributed by atoms with Crippen molar-refractivity contribution in [2.45, 2.75) is 168 Å². The number of carbonyl (C=O) groups is 1. The molecule has 2 fully saturated rings. The first-order chi connectivity index (χ1) is 20.9. The molecule has 0 bridgehead atoms. The van der Waals surface area contributed by atoms with E-state index in [-0.39, 0.29) is 52.4 Å². The van der Waals surface area contributed by atoms with Crippen molar-refractivity contribution < 1.29 is 18.4 Å². The number of likely N-dealkylation sites (N-methyl/N-ethyl adjacent to an activating group) is 1. The molecule has 3 aliphatic carbocycles. The SMILES string of the molecule is C=C1C(=CC=C2CCC[C@]3(C)C([C@H](C)OCC(=O)N(C)C(C)C)=CCC23)C[C@@H](O[Si](C)(C)C(C)(C)C)C[C@@H]1O[Si](C)(C)C(C)(C)C. The van der Waals surface area contributed by atoms with Gasteiger partial charge in [-0.05, 0) is 117 Å². The maximum absolute atomic E-state index is 12.6. The lowest BCUT2D eigenvalue weighted by molar-refractivity contribution is -0.137. The van der Waals surface area contributed by atoms with Crippen LogP contribution in [0.2, 0.25) is 36.3 Å². The number of fused-ring (bicyclic) bond motifs is 1. The standard InChI is InChI=1S/C39H69NO4Si2/c1-27(2)40(12)36(41)26-42-29(4)33-21-22-34-30(18-17-23-39(33,34)11)19-20-31-24-32(43-45(13,14)37(5,6)7)25-35(28(31)3)44-46(15,16)38(8,9)10/h19-21,27,29,32,34-35H,3,17-18,22-26H2,1-2,4-16H3/t29-,32+,34?,35-,39+/m0/s1. The van der Waals surface area contributed by atoms with Crippen LogP contribution >= 0.6 is 0 Å². The summed E-state index contributed by atoms with van der Waals surface area (Å²) in [6, 6.07) is 0.169. The van der Waals surface area contributed by atoms with Crippen LogP contribution < -0.4 is 0 Å². The molecule has 0 aliphatic heterocycles. The van der Waals surface area contributed by atoms with Crippen LogP contribution in [0.1, 0.15) is 108 Å². The van der Waals surface area contributed by atoms with Crippen molar-refractivity contribution in [2.75, 3.05) is 13.7 Å². The Morgan fingerprint density at radius 2 is 1.63 bits per heavy atom. The molecule has 0 N–H and O–H groups in total. The Hall–Kier alpha value is -1.26. The fourth-order valence-electron chi connectivity index (χ4n) is 6.92. The molecule has 3 rings (SSSR count). The second-order valence-corrected chi connectivity index (χ2v) is 27.5. The van der Waals surface area contributed by atoms with Gasteiger partial charge in [0.15, 0.2) is 16.6 Å². The van der Waals surface area contributed by atoms with Crippen LogP contribution in [-0.4, -0.2) is 65.5 Å². The van der Waals surface area contributed by atoms with E-state index in [1.807, 2.05) is 20.9 Å². The Bertz CT molecular complexity index is 1220. The zero-order chi connectivity index (χ0) is 35.0. The minimum atomic E-state index is -2.01. The molecular weight excluding hydrogens is 603 g/mol. The first kappa shape index (κ1) is 39.2. The van der Waals surface area contributed by atoms with Crippen LogP contribution in [0.4, 0.5) is 0 Å². The van der Waals surface area contributed by atoms with E-state index < -0.39 is 16.6 Å². The topological polar surface area (TPSA) is 48.0 Å². The van der Waals surface area contributed by atoms with Gasteiger partial charge < -0.3 is 18.5 Å². The molecule has 1 amide bonds. The van der Waals surface area contributed by atoms with E-state index in [0.717, 1.165) is 44.1 Å². The normalized spacial score (nSPS) is 28.9. The Labute approximate surface area is 285 Å². The summed E-state index contributed by atoms with van der Waals surface area (Å²) in [7, 11) is -2.11. The van der Waals surface area contributed by atoms with E-state index in [9.17, 15) is 4.79 Å². The summed E-state index contributed by atoms with van der Waals surface area (Å²) in [5.41, 5.74) is 5.37. The van der Waals surface area contributed by atoms with Gasteiger partial charge in [0, 0.05) is 19.5 Å². The molecule has 0 heterocycles. The highest BCUT2D eigenvalue weighted by atomic mass is 28.4. The largest absolute Gasteiger partial charge is 0.413 e. The molecule has 46 heavy (non-hydrogen) atoms. The van der Waals surface area contributed by atoms with Gasteiger partial charge in [0.25, 0.3) is 0 Å². The fourth-order valence-corrected chi connectivity index (χ4v) is 9.59. The smallest absolute Gasteiger partial charge is 0.248 e. The summed E-state index contributed by atoms with van der Waals surface area (Å²) >= 11 is 0. The van der Waals surface area contributed by atoms with Crippen molar-refractivity contribution in [1.82, 2.24) is 4.90 Å². The Morgan fingerprint density at radius 3 is 2.20 bits per heavy atom. The maximum atomic E-state index is 12.6.